The summed E-state index contributed by atoms with van der Waals surface area (Å²) in [4.78, 5) is 37.9. The van der Waals surface area contributed by atoms with Gasteiger partial charge >= 0.3 is 12.1 Å². The molecule has 240 valence electrons. The molecule has 0 aliphatic heterocycles. The summed E-state index contributed by atoms with van der Waals surface area (Å²) in [5.41, 5.74) is 2.85. The summed E-state index contributed by atoms with van der Waals surface area (Å²) >= 11 is 1.84. The van der Waals surface area contributed by atoms with Crippen molar-refractivity contribution in [3.8, 4) is 0 Å². The second-order valence-electron chi connectivity index (χ2n) is 12.1. The Morgan fingerprint density at radius 2 is 1.29 bits per heavy atom. The van der Waals surface area contributed by atoms with Gasteiger partial charge in [-0.3, -0.25) is 9.59 Å². The van der Waals surface area contributed by atoms with Crippen LogP contribution in [0.25, 0.3) is 0 Å². The van der Waals surface area contributed by atoms with Gasteiger partial charge < -0.3 is 20.1 Å². The van der Waals surface area contributed by atoms with Crippen molar-refractivity contribution in [3.63, 3.8) is 0 Å². The molecule has 0 bridgehead atoms. The first-order chi connectivity index (χ1) is 21.5. The molecule has 0 fully saturated rings. The summed E-state index contributed by atoms with van der Waals surface area (Å²) < 4.78 is 9.81. The molecule has 0 saturated heterocycles. The molecule has 0 aliphatic carbocycles. The first kappa shape index (κ1) is 35.4. The molecule has 7 nitrogen and oxygen atoms in total. The maximum absolute atomic E-state index is 13.3. The average molecular weight is 631 g/mol. The minimum Gasteiger partial charge on any atom is -0.469 e. The van der Waals surface area contributed by atoms with E-state index in [4.69, 9.17) is 9.47 Å². The van der Waals surface area contributed by atoms with E-state index in [0.717, 1.165) is 5.75 Å². The molecule has 2 atom stereocenters. The first-order valence-corrected chi connectivity index (χ1v) is 16.3. The normalized spacial score (nSPS) is 13.2. The van der Waals surface area contributed by atoms with Crippen LogP contribution in [0.15, 0.2) is 103 Å². The van der Waals surface area contributed by atoms with Crippen LogP contribution < -0.4 is 10.6 Å². The molecule has 0 aromatic heterocycles. The molecular weight excluding hydrogens is 584 g/mol. The van der Waals surface area contributed by atoms with E-state index < -0.39 is 40.4 Å². The second-order valence-corrected chi connectivity index (χ2v) is 13.4. The van der Waals surface area contributed by atoms with Gasteiger partial charge in [0, 0.05) is 0 Å². The van der Waals surface area contributed by atoms with Crippen LogP contribution in [0.4, 0.5) is 4.79 Å². The number of allylic oxidation sites excluding steroid dienone is 1. The number of nitrogens with one attached hydrogen (secondary N) is 2. The molecule has 0 heterocycles. The average Bonchev–Trinajstić information content (AvgIpc) is 3.01. The number of methoxy groups -OCH3 is 1. The predicted molar refractivity (Wildman–Crippen MR) is 182 cm³/mol. The van der Waals surface area contributed by atoms with Crippen molar-refractivity contribution in [1.29, 1.82) is 0 Å². The van der Waals surface area contributed by atoms with E-state index in [1.165, 1.54) is 23.8 Å². The van der Waals surface area contributed by atoms with Crippen LogP contribution in [0.5, 0.6) is 0 Å². The highest BCUT2D eigenvalue weighted by molar-refractivity contribution is 8.00. The van der Waals surface area contributed by atoms with E-state index in [9.17, 15) is 14.4 Å². The molecule has 3 aromatic rings. The lowest BCUT2D eigenvalue weighted by atomic mass is 9.84. The lowest BCUT2D eigenvalue weighted by Crippen LogP contribution is -2.53. The molecule has 2 N–H and O–H groups in total. The van der Waals surface area contributed by atoms with Crippen LogP contribution in [0.1, 0.15) is 64.2 Å². The summed E-state index contributed by atoms with van der Waals surface area (Å²) in [5, 5.41) is 5.58. The molecule has 8 heteroatoms. The van der Waals surface area contributed by atoms with E-state index in [-0.39, 0.29) is 12.3 Å². The highest BCUT2D eigenvalue weighted by Crippen LogP contribution is 2.48. The summed E-state index contributed by atoms with van der Waals surface area (Å²) in [6.45, 7) is 8.95. The Labute approximate surface area is 272 Å². The Bertz CT molecular complexity index is 1290. The van der Waals surface area contributed by atoms with Crippen molar-refractivity contribution < 1.29 is 23.9 Å². The van der Waals surface area contributed by atoms with Crippen LogP contribution in [-0.4, -0.2) is 48.5 Å². The molecule has 2 amide bonds. The van der Waals surface area contributed by atoms with Gasteiger partial charge in [0.1, 0.15) is 11.6 Å². The van der Waals surface area contributed by atoms with Gasteiger partial charge in [0.2, 0.25) is 5.91 Å². The number of alkyl carbamates (subject to hydrolysis) is 1. The van der Waals surface area contributed by atoms with Crippen LogP contribution in [0.3, 0.4) is 0 Å². The summed E-state index contributed by atoms with van der Waals surface area (Å²) in [5.74, 6) is -0.293. The van der Waals surface area contributed by atoms with Crippen molar-refractivity contribution in [1.82, 2.24) is 10.6 Å². The third kappa shape index (κ3) is 10.5. The lowest BCUT2D eigenvalue weighted by molar-refractivity contribution is -0.141. The Morgan fingerprint density at radius 1 is 0.800 bits per heavy atom. The number of thioether (sulfide) groups is 1. The summed E-state index contributed by atoms with van der Waals surface area (Å²) in [7, 11) is 1.32. The quantitative estimate of drug-likeness (QED) is 0.0843. The number of carbonyl (C=O) groups excluding carboxylic acids is 3. The molecule has 1 unspecified atom stereocenters. The smallest absolute Gasteiger partial charge is 0.408 e. The van der Waals surface area contributed by atoms with Crippen molar-refractivity contribution in [3.05, 3.63) is 120 Å². The largest absolute Gasteiger partial charge is 0.469 e. The third-order valence-corrected chi connectivity index (χ3v) is 8.66. The molecule has 3 aromatic carbocycles. The monoisotopic (exact) mass is 630 g/mol. The summed E-state index contributed by atoms with van der Waals surface area (Å²) in [6.07, 6.45) is 3.79. The van der Waals surface area contributed by atoms with E-state index >= 15 is 0 Å². The van der Waals surface area contributed by atoms with Gasteiger partial charge in [0.25, 0.3) is 0 Å². The fraction of sp³-hybridized carbons (Fsp3) is 0.378. The Kier molecular flexibility index (Phi) is 13.3. The minimum absolute atomic E-state index is 0.0366. The third-order valence-electron chi connectivity index (χ3n) is 7.08. The predicted octanol–water partition coefficient (Wildman–Crippen LogP) is 7.26. The molecule has 3 rings (SSSR count). The van der Waals surface area contributed by atoms with E-state index in [1.807, 2.05) is 56.0 Å². The van der Waals surface area contributed by atoms with E-state index in [0.29, 0.717) is 6.42 Å². The van der Waals surface area contributed by atoms with E-state index in [2.05, 4.69) is 83.4 Å². The number of esters is 1. The molecule has 0 aliphatic rings. The number of hydrogen-bond donors (Lipinski definition) is 2. The maximum atomic E-state index is 13.3. The van der Waals surface area contributed by atoms with Crippen molar-refractivity contribution in [2.75, 3.05) is 12.9 Å². The fourth-order valence-corrected chi connectivity index (χ4v) is 6.45. The molecule has 45 heavy (non-hydrogen) atoms. The fourth-order valence-electron chi connectivity index (χ4n) is 4.98. The lowest BCUT2D eigenvalue weighted by Gasteiger charge is -2.35. The second kappa shape index (κ2) is 16.9. The number of amides is 2. The van der Waals surface area contributed by atoms with Gasteiger partial charge in [-0.25, -0.2) is 4.79 Å². The topological polar surface area (TPSA) is 93.7 Å². The van der Waals surface area contributed by atoms with Gasteiger partial charge in [-0.05, 0) is 55.6 Å². The number of rotatable bonds is 14. The highest BCUT2D eigenvalue weighted by atomic mass is 32.2. The SMILES string of the molecule is COC(=O)C[C@@H](/C=C/CCSC(c1ccccc1)(c1ccccc1)c1ccccc1)NC(=O)C(NC(=O)OC(C)(C)C)C(C)C. The standard InChI is InChI=1S/C37H46N2O5S/c1-27(2)33(39-35(42)44-36(3,4)5)34(41)38-31(26-32(40)43-6)24-16-17-25-45-37(28-18-10-7-11-19-28,29-20-12-8-13-21-29)30-22-14-9-15-23-30/h7-16,18-24,27,31,33H,17,25-26H2,1-6H3,(H,38,41)(H,39,42)/b24-16+/t31-,33?/m1/s1. The van der Waals surface area contributed by atoms with Crippen molar-refractivity contribution in [2.24, 2.45) is 5.92 Å². The van der Waals surface area contributed by atoms with Gasteiger partial charge in [-0.2, -0.15) is 0 Å². The number of ether oxygens (including phenoxy) is 2. The Balaban J connectivity index is 1.79. The zero-order valence-electron chi connectivity index (χ0n) is 27.1. The number of hydrogen-bond acceptors (Lipinski definition) is 6. The van der Waals surface area contributed by atoms with Gasteiger partial charge in [-0.15, -0.1) is 11.8 Å². The van der Waals surface area contributed by atoms with Crippen LogP contribution in [-0.2, 0) is 23.8 Å². The Morgan fingerprint density at radius 3 is 1.71 bits per heavy atom. The molecule has 0 radical (unpaired) electrons. The highest BCUT2D eigenvalue weighted by Gasteiger charge is 2.36. The van der Waals surface area contributed by atoms with Gasteiger partial charge in [0.15, 0.2) is 0 Å². The summed E-state index contributed by atoms with van der Waals surface area (Å²) in [6, 6.07) is 30.0. The number of carbonyl (C=O) groups is 3. The van der Waals surface area contributed by atoms with Gasteiger partial charge in [-0.1, -0.05) is 117 Å². The molecule has 0 saturated carbocycles. The maximum Gasteiger partial charge on any atom is 0.408 e. The zero-order chi connectivity index (χ0) is 32.9. The van der Waals surface area contributed by atoms with Crippen molar-refractivity contribution in [2.45, 2.75) is 69.9 Å². The first-order valence-electron chi connectivity index (χ1n) is 15.3. The van der Waals surface area contributed by atoms with Crippen LogP contribution >= 0.6 is 11.8 Å². The van der Waals surface area contributed by atoms with Gasteiger partial charge in [0.05, 0.1) is 24.3 Å². The zero-order valence-corrected chi connectivity index (χ0v) is 27.9. The molecular formula is C37H46N2O5S. The number of benzene rings is 3. The minimum atomic E-state index is -0.841. The van der Waals surface area contributed by atoms with Crippen LogP contribution in [0.2, 0.25) is 0 Å². The van der Waals surface area contributed by atoms with E-state index in [1.54, 1.807) is 20.8 Å². The van der Waals surface area contributed by atoms with Crippen LogP contribution in [0, 0.1) is 5.92 Å². The van der Waals surface area contributed by atoms with Crippen molar-refractivity contribution >= 4 is 29.7 Å². The molecule has 0 spiro atoms. The Hall–Kier alpha value is -4.04.